The summed E-state index contributed by atoms with van der Waals surface area (Å²) in [4.78, 5) is 2.56. The van der Waals surface area contributed by atoms with E-state index in [9.17, 15) is 0 Å². The van der Waals surface area contributed by atoms with Crippen molar-refractivity contribution < 1.29 is 4.74 Å². The highest BCUT2D eigenvalue weighted by Crippen LogP contribution is 2.08. The third kappa shape index (κ3) is 5.28. The number of nitrogens with zero attached hydrogens (tertiary/aromatic N) is 1. The van der Waals surface area contributed by atoms with Gasteiger partial charge in [-0.1, -0.05) is 20.8 Å². The molecule has 0 spiro atoms. The second kappa shape index (κ2) is 8.04. The van der Waals surface area contributed by atoms with Crippen molar-refractivity contribution >= 4 is 0 Å². The molecule has 1 rings (SSSR count). The molecule has 1 heterocycles. The lowest BCUT2D eigenvalue weighted by atomic mass is 10.1. The summed E-state index contributed by atoms with van der Waals surface area (Å²) in [5.41, 5.74) is 0. The van der Waals surface area contributed by atoms with Gasteiger partial charge < -0.3 is 10.1 Å². The normalized spacial score (nSPS) is 22.9. The average molecular weight is 228 g/mol. The Balaban J connectivity index is 2.06. The van der Waals surface area contributed by atoms with Crippen LogP contribution < -0.4 is 5.32 Å². The van der Waals surface area contributed by atoms with Gasteiger partial charge >= 0.3 is 0 Å². The van der Waals surface area contributed by atoms with Crippen molar-refractivity contribution in [2.24, 2.45) is 5.92 Å². The minimum absolute atomic E-state index is 0.639. The Morgan fingerprint density at radius 1 is 1.38 bits per heavy atom. The predicted octanol–water partition coefficient (Wildman–Crippen LogP) is 1.73. The second-order valence-electron chi connectivity index (χ2n) is 5.11. The molecule has 3 nitrogen and oxygen atoms in total. The maximum absolute atomic E-state index is 5.50. The third-order valence-corrected chi connectivity index (χ3v) is 3.29. The van der Waals surface area contributed by atoms with E-state index >= 15 is 0 Å². The van der Waals surface area contributed by atoms with Crippen molar-refractivity contribution in [2.45, 2.75) is 39.7 Å². The molecule has 1 saturated heterocycles. The fraction of sp³-hybridized carbons (Fsp3) is 1.00. The smallest absolute Gasteiger partial charge is 0.0622 e. The molecule has 1 unspecified atom stereocenters. The highest BCUT2D eigenvalue weighted by Gasteiger charge is 2.20. The fourth-order valence-electron chi connectivity index (χ4n) is 2.10. The highest BCUT2D eigenvalue weighted by atomic mass is 16.5. The van der Waals surface area contributed by atoms with Crippen LogP contribution in [0.1, 0.15) is 33.6 Å². The Morgan fingerprint density at radius 2 is 2.19 bits per heavy atom. The number of hydrogen-bond donors (Lipinski definition) is 1. The van der Waals surface area contributed by atoms with Crippen molar-refractivity contribution in [3.8, 4) is 0 Å². The van der Waals surface area contributed by atoms with Crippen LogP contribution in [0.15, 0.2) is 0 Å². The summed E-state index contributed by atoms with van der Waals surface area (Å²) >= 11 is 0. The summed E-state index contributed by atoms with van der Waals surface area (Å²) in [5, 5.41) is 3.53. The van der Waals surface area contributed by atoms with Gasteiger partial charge in [0, 0.05) is 25.7 Å². The Bertz CT molecular complexity index is 173. The van der Waals surface area contributed by atoms with E-state index in [-0.39, 0.29) is 0 Å². The lowest BCUT2D eigenvalue weighted by molar-refractivity contribution is -0.00783. The minimum atomic E-state index is 0.639. The molecule has 1 aliphatic heterocycles. The largest absolute Gasteiger partial charge is 0.378 e. The van der Waals surface area contributed by atoms with Crippen molar-refractivity contribution in [2.75, 3.05) is 39.4 Å². The Hall–Kier alpha value is -0.120. The molecule has 1 aliphatic rings. The monoisotopic (exact) mass is 228 g/mol. The molecule has 96 valence electrons. The van der Waals surface area contributed by atoms with E-state index in [4.69, 9.17) is 4.74 Å². The Morgan fingerprint density at radius 3 is 2.88 bits per heavy atom. The van der Waals surface area contributed by atoms with Crippen LogP contribution in [0.4, 0.5) is 0 Å². The first kappa shape index (κ1) is 13.9. The van der Waals surface area contributed by atoms with E-state index < -0.39 is 0 Å². The summed E-state index contributed by atoms with van der Waals surface area (Å²) in [7, 11) is 0. The first-order valence-corrected chi connectivity index (χ1v) is 6.76. The van der Waals surface area contributed by atoms with Gasteiger partial charge in [0.25, 0.3) is 0 Å². The molecule has 0 aliphatic carbocycles. The topological polar surface area (TPSA) is 24.5 Å². The zero-order chi connectivity index (χ0) is 11.8. The Labute approximate surface area is 101 Å². The van der Waals surface area contributed by atoms with Gasteiger partial charge in [0.1, 0.15) is 0 Å². The van der Waals surface area contributed by atoms with Gasteiger partial charge in [-0.3, -0.25) is 4.90 Å². The third-order valence-electron chi connectivity index (χ3n) is 3.29. The molecule has 1 N–H and O–H groups in total. The summed E-state index contributed by atoms with van der Waals surface area (Å²) in [6.07, 6.45) is 2.48. The number of rotatable bonds is 7. The van der Waals surface area contributed by atoms with Crippen molar-refractivity contribution in [1.29, 1.82) is 0 Å². The molecule has 0 radical (unpaired) electrons. The van der Waals surface area contributed by atoms with Crippen molar-refractivity contribution in [1.82, 2.24) is 10.2 Å². The van der Waals surface area contributed by atoms with Crippen molar-refractivity contribution in [3.63, 3.8) is 0 Å². The summed E-state index contributed by atoms with van der Waals surface area (Å²) in [5.74, 6) is 0.805. The zero-order valence-electron chi connectivity index (χ0n) is 11.2. The lowest BCUT2D eigenvalue weighted by Crippen LogP contribution is -2.47. The van der Waals surface area contributed by atoms with Crippen LogP contribution in [0.5, 0.6) is 0 Å². The molecule has 0 saturated carbocycles. The molecule has 0 aromatic rings. The average Bonchev–Trinajstić information content (AvgIpc) is 2.29. The molecular formula is C13H28N2O. The van der Waals surface area contributed by atoms with Crippen LogP contribution in [0.2, 0.25) is 0 Å². The van der Waals surface area contributed by atoms with Gasteiger partial charge in [0.05, 0.1) is 13.2 Å². The lowest BCUT2D eigenvalue weighted by Gasteiger charge is -2.35. The maximum Gasteiger partial charge on any atom is 0.0622 e. The van der Waals surface area contributed by atoms with Gasteiger partial charge in [-0.15, -0.1) is 0 Å². The zero-order valence-corrected chi connectivity index (χ0v) is 11.2. The van der Waals surface area contributed by atoms with E-state index in [1.165, 1.54) is 19.4 Å². The van der Waals surface area contributed by atoms with E-state index in [1.807, 2.05) is 0 Å². The van der Waals surface area contributed by atoms with Gasteiger partial charge in [-0.2, -0.15) is 0 Å². The number of hydrogen-bond acceptors (Lipinski definition) is 3. The molecule has 3 heteroatoms. The van der Waals surface area contributed by atoms with Gasteiger partial charge in [-0.25, -0.2) is 0 Å². The molecule has 0 aromatic carbocycles. The highest BCUT2D eigenvalue weighted by molar-refractivity contribution is 4.74. The predicted molar refractivity (Wildman–Crippen MR) is 68.8 cm³/mol. The Kier molecular flexibility index (Phi) is 7.01. The van der Waals surface area contributed by atoms with Gasteiger partial charge in [-0.05, 0) is 25.3 Å². The quantitative estimate of drug-likeness (QED) is 0.672. The van der Waals surface area contributed by atoms with Crippen LogP contribution in [-0.2, 0) is 4.74 Å². The fourth-order valence-corrected chi connectivity index (χ4v) is 2.10. The van der Waals surface area contributed by atoms with Gasteiger partial charge in [0.2, 0.25) is 0 Å². The van der Waals surface area contributed by atoms with E-state index in [1.54, 1.807) is 0 Å². The molecule has 0 bridgehead atoms. The van der Waals surface area contributed by atoms with Crippen molar-refractivity contribution in [3.05, 3.63) is 0 Å². The standard InChI is InChI=1S/C13H28N2O/c1-4-13-11-16-10-9-15(13)8-7-14-6-5-12(2)3/h12-14H,4-11H2,1-3H3. The van der Waals surface area contributed by atoms with Crippen LogP contribution in [0.3, 0.4) is 0 Å². The van der Waals surface area contributed by atoms with E-state index in [0.717, 1.165) is 38.8 Å². The maximum atomic E-state index is 5.50. The summed E-state index contributed by atoms with van der Waals surface area (Å²) < 4.78 is 5.50. The van der Waals surface area contributed by atoms with Gasteiger partial charge in [0.15, 0.2) is 0 Å². The van der Waals surface area contributed by atoms with E-state index in [2.05, 4.69) is 31.0 Å². The number of ether oxygens (including phenoxy) is 1. The number of nitrogens with one attached hydrogen (secondary N) is 1. The molecule has 1 atom stereocenters. The van der Waals surface area contributed by atoms with Crippen LogP contribution in [0, 0.1) is 5.92 Å². The van der Waals surface area contributed by atoms with Crippen LogP contribution in [0.25, 0.3) is 0 Å². The second-order valence-corrected chi connectivity index (χ2v) is 5.11. The first-order valence-electron chi connectivity index (χ1n) is 6.76. The molecule has 16 heavy (non-hydrogen) atoms. The summed E-state index contributed by atoms with van der Waals surface area (Å²) in [6.45, 7) is 13.2. The minimum Gasteiger partial charge on any atom is -0.378 e. The SMILES string of the molecule is CCC1COCCN1CCNCCC(C)C. The number of morpholine rings is 1. The summed E-state index contributed by atoms with van der Waals surface area (Å²) in [6, 6.07) is 0.639. The molecule has 1 fully saturated rings. The van der Waals surface area contributed by atoms with Crippen LogP contribution >= 0.6 is 0 Å². The molecule has 0 aromatic heterocycles. The van der Waals surface area contributed by atoms with Crippen LogP contribution in [-0.4, -0.2) is 50.3 Å². The first-order chi connectivity index (χ1) is 7.74. The van der Waals surface area contributed by atoms with E-state index in [0.29, 0.717) is 6.04 Å². The molecular weight excluding hydrogens is 200 g/mol. The molecule has 0 amide bonds.